The van der Waals surface area contributed by atoms with Gasteiger partial charge in [0.2, 0.25) is 0 Å². The summed E-state index contributed by atoms with van der Waals surface area (Å²) in [5, 5.41) is 0. The summed E-state index contributed by atoms with van der Waals surface area (Å²) in [7, 11) is 0. The standard InChI is InChI=1S/C14H17BrN2OS/c1-2-12(16)6-10-5-11(15)3-4-14(10)18-8-13-7-17-9-19-13/h3-5,7,9,12H,2,6,8,16H2,1H3. The van der Waals surface area contributed by atoms with Crippen molar-refractivity contribution in [3.05, 3.63) is 44.8 Å². The predicted molar refractivity (Wildman–Crippen MR) is 82.6 cm³/mol. The molecule has 1 unspecified atom stereocenters. The zero-order valence-electron chi connectivity index (χ0n) is 10.8. The monoisotopic (exact) mass is 340 g/mol. The number of benzene rings is 1. The van der Waals surface area contributed by atoms with Gasteiger partial charge in [0, 0.05) is 16.7 Å². The molecule has 0 aliphatic carbocycles. The molecule has 0 bridgehead atoms. The van der Waals surface area contributed by atoms with E-state index < -0.39 is 0 Å². The second-order valence-electron chi connectivity index (χ2n) is 4.38. The Morgan fingerprint density at radius 1 is 1.47 bits per heavy atom. The molecule has 0 aliphatic heterocycles. The van der Waals surface area contributed by atoms with E-state index in [9.17, 15) is 0 Å². The summed E-state index contributed by atoms with van der Waals surface area (Å²) < 4.78 is 6.93. The first-order chi connectivity index (χ1) is 9.19. The lowest BCUT2D eigenvalue weighted by atomic mass is 10.0. The number of hydrogen-bond acceptors (Lipinski definition) is 4. The van der Waals surface area contributed by atoms with Crippen molar-refractivity contribution in [3.8, 4) is 5.75 Å². The van der Waals surface area contributed by atoms with Gasteiger partial charge in [-0.05, 0) is 36.6 Å². The topological polar surface area (TPSA) is 48.1 Å². The molecular weight excluding hydrogens is 324 g/mol. The lowest BCUT2D eigenvalue weighted by molar-refractivity contribution is 0.305. The van der Waals surface area contributed by atoms with Crippen LogP contribution in [-0.4, -0.2) is 11.0 Å². The smallest absolute Gasteiger partial charge is 0.124 e. The van der Waals surface area contributed by atoms with Gasteiger partial charge in [-0.2, -0.15) is 0 Å². The van der Waals surface area contributed by atoms with E-state index in [1.165, 1.54) is 0 Å². The summed E-state index contributed by atoms with van der Waals surface area (Å²) in [5.74, 6) is 0.903. The van der Waals surface area contributed by atoms with Crippen molar-refractivity contribution in [1.29, 1.82) is 0 Å². The van der Waals surface area contributed by atoms with Crippen molar-refractivity contribution in [1.82, 2.24) is 4.98 Å². The maximum Gasteiger partial charge on any atom is 0.124 e. The van der Waals surface area contributed by atoms with E-state index in [4.69, 9.17) is 10.5 Å². The molecule has 0 aliphatic rings. The van der Waals surface area contributed by atoms with Crippen LogP contribution in [0.5, 0.6) is 5.75 Å². The third kappa shape index (κ3) is 4.30. The lowest BCUT2D eigenvalue weighted by Gasteiger charge is -2.14. The molecule has 2 aromatic rings. The highest BCUT2D eigenvalue weighted by molar-refractivity contribution is 9.10. The number of thiazole rings is 1. The van der Waals surface area contributed by atoms with Crippen LogP contribution in [0.25, 0.3) is 0 Å². The van der Waals surface area contributed by atoms with Crippen LogP contribution >= 0.6 is 27.3 Å². The van der Waals surface area contributed by atoms with Crippen LogP contribution in [0.15, 0.2) is 34.4 Å². The molecule has 3 nitrogen and oxygen atoms in total. The fraction of sp³-hybridized carbons (Fsp3) is 0.357. The van der Waals surface area contributed by atoms with Crippen molar-refractivity contribution in [2.24, 2.45) is 5.73 Å². The lowest BCUT2D eigenvalue weighted by Crippen LogP contribution is -2.21. The summed E-state index contributed by atoms with van der Waals surface area (Å²) >= 11 is 5.09. The fourth-order valence-electron chi connectivity index (χ4n) is 1.74. The Balaban J connectivity index is 2.09. The van der Waals surface area contributed by atoms with Gasteiger partial charge < -0.3 is 10.5 Å². The van der Waals surface area contributed by atoms with Gasteiger partial charge in [-0.3, -0.25) is 4.98 Å². The Kier molecular flexibility index (Phi) is 5.36. The quantitative estimate of drug-likeness (QED) is 0.870. The molecular formula is C14H17BrN2OS. The number of nitrogens with two attached hydrogens (primary N) is 1. The molecule has 0 fully saturated rings. The molecule has 0 spiro atoms. The fourth-order valence-corrected chi connectivity index (χ4v) is 2.65. The number of nitrogens with zero attached hydrogens (tertiary/aromatic N) is 1. The first-order valence-corrected chi connectivity index (χ1v) is 7.90. The van der Waals surface area contributed by atoms with Gasteiger partial charge in [0.15, 0.2) is 0 Å². The first kappa shape index (κ1) is 14.5. The minimum Gasteiger partial charge on any atom is -0.488 e. The highest BCUT2D eigenvalue weighted by atomic mass is 79.9. The highest BCUT2D eigenvalue weighted by Crippen LogP contribution is 2.26. The van der Waals surface area contributed by atoms with Gasteiger partial charge in [0.1, 0.15) is 12.4 Å². The predicted octanol–water partition coefficient (Wildman–Crippen LogP) is 3.76. The average molecular weight is 341 g/mol. The minimum atomic E-state index is 0.167. The Morgan fingerprint density at radius 2 is 2.32 bits per heavy atom. The van der Waals surface area contributed by atoms with E-state index in [1.807, 2.05) is 23.8 Å². The number of hydrogen-bond donors (Lipinski definition) is 1. The Hall–Kier alpha value is -0.910. The summed E-state index contributed by atoms with van der Waals surface area (Å²) in [4.78, 5) is 5.16. The van der Waals surface area contributed by atoms with E-state index in [2.05, 4.69) is 33.9 Å². The summed E-state index contributed by atoms with van der Waals surface area (Å²) in [5.41, 5.74) is 9.00. The van der Waals surface area contributed by atoms with E-state index in [0.29, 0.717) is 6.61 Å². The largest absolute Gasteiger partial charge is 0.488 e. The van der Waals surface area contributed by atoms with Crippen molar-refractivity contribution >= 4 is 27.3 Å². The van der Waals surface area contributed by atoms with E-state index in [-0.39, 0.29) is 6.04 Å². The van der Waals surface area contributed by atoms with Gasteiger partial charge in [0.05, 0.1) is 10.4 Å². The van der Waals surface area contributed by atoms with Crippen molar-refractivity contribution in [2.45, 2.75) is 32.4 Å². The first-order valence-electron chi connectivity index (χ1n) is 6.23. The molecule has 1 aromatic heterocycles. The number of aromatic nitrogens is 1. The molecule has 2 N–H and O–H groups in total. The molecule has 0 saturated carbocycles. The number of rotatable bonds is 6. The van der Waals surface area contributed by atoms with Crippen LogP contribution in [0.1, 0.15) is 23.8 Å². The molecule has 1 heterocycles. The Morgan fingerprint density at radius 3 is 3.00 bits per heavy atom. The molecule has 102 valence electrons. The average Bonchev–Trinajstić information content (AvgIpc) is 2.91. The van der Waals surface area contributed by atoms with Gasteiger partial charge in [-0.25, -0.2) is 0 Å². The van der Waals surface area contributed by atoms with Crippen LogP contribution in [-0.2, 0) is 13.0 Å². The highest BCUT2D eigenvalue weighted by Gasteiger charge is 2.09. The minimum absolute atomic E-state index is 0.167. The van der Waals surface area contributed by atoms with Gasteiger partial charge in [0.25, 0.3) is 0 Å². The molecule has 0 amide bonds. The van der Waals surface area contributed by atoms with Crippen molar-refractivity contribution in [2.75, 3.05) is 0 Å². The zero-order valence-corrected chi connectivity index (χ0v) is 13.2. The third-order valence-corrected chi connectivity index (χ3v) is 4.13. The molecule has 1 atom stereocenters. The SMILES string of the molecule is CCC(N)Cc1cc(Br)ccc1OCc1cncs1. The summed E-state index contributed by atoms with van der Waals surface area (Å²) in [6.07, 6.45) is 3.62. The van der Waals surface area contributed by atoms with E-state index in [0.717, 1.165) is 33.5 Å². The van der Waals surface area contributed by atoms with Gasteiger partial charge in [-0.1, -0.05) is 22.9 Å². The van der Waals surface area contributed by atoms with E-state index in [1.54, 1.807) is 11.3 Å². The third-order valence-electron chi connectivity index (χ3n) is 2.88. The second kappa shape index (κ2) is 7.03. The van der Waals surface area contributed by atoms with Gasteiger partial charge >= 0.3 is 0 Å². The van der Waals surface area contributed by atoms with Crippen LogP contribution in [0, 0.1) is 0 Å². The molecule has 0 radical (unpaired) electrons. The van der Waals surface area contributed by atoms with Crippen LogP contribution in [0.4, 0.5) is 0 Å². The molecule has 1 aromatic carbocycles. The molecule has 0 saturated heterocycles. The van der Waals surface area contributed by atoms with E-state index >= 15 is 0 Å². The maximum atomic E-state index is 6.04. The molecule has 2 rings (SSSR count). The Bertz CT molecular complexity index is 516. The normalized spacial score (nSPS) is 12.4. The zero-order chi connectivity index (χ0) is 13.7. The van der Waals surface area contributed by atoms with Crippen LogP contribution < -0.4 is 10.5 Å². The maximum absolute atomic E-state index is 6.04. The van der Waals surface area contributed by atoms with Crippen molar-refractivity contribution < 1.29 is 4.74 Å². The van der Waals surface area contributed by atoms with Crippen LogP contribution in [0.2, 0.25) is 0 Å². The number of ether oxygens (including phenoxy) is 1. The van der Waals surface area contributed by atoms with Gasteiger partial charge in [-0.15, -0.1) is 11.3 Å². The number of halogens is 1. The van der Waals surface area contributed by atoms with Crippen molar-refractivity contribution in [3.63, 3.8) is 0 Å². The molecule has 5 heteroatoms. The van der Waals surface area contributed by atoms with Crippen LogP contribution in [0.3, 0.4) is 0 Å². The molecule has 19 heavy (non-hydrogen) atoms. The summed E-state index contributed by atoms with van der Waals surface area (Å²) in [6.45, 7) is 2.65. The summed E-state index contributed by atoms with van der Waals surface area (Å²) in [6, 6.07) is 6.23. The Labute approximate surface area is 125 Å². The second-order valence-corrected chi connectivity index (χ2v) is 6.27.